The van der Waals surface area contributed by atoms with Gasteiger partial charge < -0.3 is 30.7 Å². The molecule has 2 aromatic carbocycles. The molecule has 1 aromatic heterocycles. The number of benzene rings is 2. The molecule has 1 atom stereocenters. The third kappa shape index (κ3) is 5.85. The van der Waals surface area contributed by atoms with Crippen LogP contribution in [0.2, 0.25) is 0 Å². The van der Waals surface area contributed by atoms with Crippen molar-refractivity contribution in [3.05, 3.63) is 59.7 Å². The lowest BCUT2D eigenvalue weighted by molar-refractivity contribution is -0.125. The summed E-state index contributed by atoms with van der Waals surface area (Å²) in [5, 5.41) is 11.7. The minimum atomic E-state index is -0.973. The van der Waals surface area contributed by atoms with Gasteiger partial charge in [0.2, 0.25) is 17.8 Å². The number of urea groups is 1. The maximum absolute atomic E-state index is 12.3. The van der Waals surface area contributed by atoms with E-state index in [1.54, 1.807) is 14.2 Å². The summed E-state index contributed by atoms with van der Waals surface area (Å²) in [6.07, 6.45) is -0.973. The van der Waals surface area contributed by atoms with Crippen LogP contribution in [0.4, 0.5) is 22.6 Å². The summed E-state index contributed by atoms with van der Waals surface area (Å²) in [5.41, 5.74) is 1.99. The van der Waals surface area contributed by atoms with Crippen LogP contribution in [0, 0.1) is 0 Å². The van der Waals surface area contributed by atoms with Gasteiger partial charge in [0.1, 0.15) is 11.5 Å². The molecule has 182 valence electrons. The Morgan fingerprint density at radius 3 is 1.66 bits per heavy atom. The fourth-order valence-electron chi connectivity index (χ4n) is 3.25. The van der Waals surface area contributed by atoms with E-state index in [-0.39, 0.29) is 5.95 Å². The molecule has 1 aliphatic heterocycles. The minimum Gasteiger partial charge on any atom is -0.497 e. The number of carbonyl (C=O) groups excluding carboxylic acids is 2. The molecule has 12 heteroatoms. The van der Waals surface area contributed by atoms with Gasteiger partial charge in [-0.1, -0.05) is 24.3 Å². The molecular weight excluding hydrogens is 452 g/mol. The molecule has 1 saturated heterocycles. The average molecular weight is 479 g/mol. The van der Waals surface area contributed by atoms with Crippen molar-refractivity contribution in [2.45, 2.75) is 19.3 Å². The van der Waals surface area contributed by atoms with Crippen LogP contribution in [-0.4, -0.2) is 59.2 Å². The molecule has 1 fully saturated rings. The Bertz CT molecular complexity index is 1120. The van der Waals surface area contributed by atoms with E-state index in [0.717, 1.165) is 27.5 Å². The molecule has 35 heavy (non-hydrogen) atoms. The number of nitrogens with one attached hydrogen (secondary N) is 4. The van der Waals surface area contributed by atoms with Crippen molar-refractivity contribution in [2.75, 3.05) is 37.2 Å². The highest BCUT2D eigenvalue weighted by Crippen LogP contribution is 2.17. The van der Waals surface area contributed by atoms with Crippen LogP contribution >= 0.6 is 0 Å². The third-order valence-electron chi connectivity index (χ3n) is 5.28. The SMILES string of the molecule is COc1ccc(CNc2nc(NCc3ccc(OC)cc3)nc(NC3NC(=O)N(C)C3=O)n2)cc1. The van der Waals surface area contributed by atoms with Gasteiger partial charge in [0, 0.05) is 20.1 Å². The first-order valence-corrected chi connectivity index (χ1v) is 10.8. The number of hydrogen-bond donors (Lipinski definition) is 4. The molecule has 0 saturated carbocycles. The predicted octanol–water partition coefficient (Wildman–Crippen LogP) is 2.03. The lowest BCUT2D eigenvalue weighted by Crippen LogP contribution is -2.37. The zero-order valence-corrected chi connectivity index (χ0v) is 19.5. The Morgan fingerprint density at radius 1 is 0.800 bits per heavy atom. The zero-order chi connectivity index (χ0) is 24.8. The number of nitrogens with zero attached hydrogens (tertiary/aromatic N) is 4. The predicted molar refractivity (Wildman–Crippen MR) is 129 cm³/mol. The van der Waals surface area contributed by atoms with E-state index in [0.29, 0.717) is 25.0 Å². The molecule has 1 unspecified atom stereocenters. The summed E-state index contributed by atoms with van der Waals surface area (Å²) >= 11 is 0. The first-order valence-electron chi connectivity index (χ1n) is 10.8. The molecule has 4 N–H and O–H groups in total. The smallest absolute Gasteiger partial charge is 0.325 e. The number of hydrogen-bond acceptors (Lipinski definition) is 10. The molecule has 0 spiro atoms. The van der Waals surface area contributed by atoms with Crippen LogP contribution < -0.4 is 30.7 Å². The number of likely N-dealkylation sites (N-methyl/N-ethyl adjacent to an activating group) is 1. The number of carbonyl (C=O) groups is 2. The van der Waals surface area contributed by atoms with Gasteiger partial charge in [0.05, 0.1) is 14.2 Å². The molecule has 12 nitrogen and oxygen atoms in total. The molecule has 0 aliphatic carbocycles. The van der Waals surface area contributed by atoms with Gasteiger partial charge in [-0.25, -0.2) is 4.79 Å². The highest BCUT2D eigenvalue weighted by molar-refractivity contribution is 6.04. The van der Waals surface area contributed by atoms with Crippen molar-refractivity contribution in [2.24, 2.45) is 0 Å². The number of imide groups is 1. The fourth-order valence-corrected chi connectivity index (χ4v) is 3.25. The molecule has 0 radical (unpaired) electrons. The van der Waals surface area contributed by atoms with Crippen LogP contribution in [0.15, 0.2) is 48.5 Å². The summed E-state index contributed by atoms with van der Waals surface area (Å²) in [7, 11) is 4.63. The molecule has 2 heterocycles. The number of amides is 3. The Morgan fingerprint density at radius 2 is 1.26 bits per heavy atom. The van der Waals surface area contributed by atoms with E-state index in [1.807, 2.05) is 48.5 Å². The van der Waals surface area contributed by atoms with Crippen LogP contribution in [0.5, 0.6) is 11.5 Å². The first-order chi connectivity index (χ1) is 16.9. The van der Waals surface area contributed by atoms with Gasteiger partial charge in [-0.3, -0.25) is 9.69 Å². The zero-order valence-electron chi connectivity index (χ0n) is 19.5. The summed E-state index contributed by atoms with van der Waals surface area (Å²) in [4.78, 5) is 38.2. The van der Waals surface area contributed by atoms with Crippen molar-refractivity contribution < 1.29 is 19.1 Å². The van der Waals surface area contributed by atoms with Gasteiger partial charge in [-0.05, 0) is 35.4 Å². The largest absolute Gasteiger partial charge is 0.497 e. The summed E-state index contributed by atoms with van der Waals surface area (Å²) < 4.78 is 10.4. The molecule has 3 aromatic rings. The highest BCUT2D eigenvalue weighted by atomic mass is 16.5. The Kier molecular flexibility index (Phi) is 7.10. The Hall–Kier alpha value is -4.61. The number of anilines is 3. The van der Waals surface area contributed by atoms with E-state index in [9.17, 15) is 9.59 Å². The molecule has 1 aliphatic rings. The average Bonchev–Trinajstić information content (AvgIpc) is 3.13. The molecule has 0 bridgehead atoms. The lowest BCUT2D eigenvalue weighted by atomic mass is 10.2. The molecule has 4 rings (SSSR count). The second-order valence-corrected chi connectivity index (χ2v) is 7.63. The monoisotopic (exact) mass is 478 g/mol. The second kappa shape index (κ2) is 10.5. The van der Waals surface area contributed by atoms with Crippen LogP contribution in [0.25, 0.3) is 0 Å². The number of methoxy groups -OCH3 is 2. The van der Waals surface area contributed by atoms with Gasteiger partial charge in [-0.15, -0.1) is 0 Å². The number of ether oxygens (including phenoxy) is 2. The topological polar surface area (TPSA) is 143 Å². The van der Waals surface area contributed by atoms with E-state index >= 15 is 0 Å². The fraction of sp³-hybridized carbons (Fsp3) is 0.261. The van der Waals surface area contributed by atoms with E-state index < -0.39 is 18.1 Å². The van der Waals surface area contributed by atoms with Crippen LogP contribution in [-0.2, 0) is 17.9 Å². The first kappa shape index (κ1) is 23.5. The van der Waals surface area contributed by atoms with Crippen molar-refractivity contribution in [1.29, 1.82) is 0 Å². The maximum Gasteiger partial charge on any atom is 0.325 e. The second-order valence-electron chi connectivity index (χ2n) is 7.63. The van der Waals surface area contributed by atoms with Gasteiger partial charge in [-0.2, -0.15) is 15.0 Å². The van der Waals surface area contributed by atoms with Crippen LogP contribution in [0.3, 0.4) is 0 Å². The quantitative estimate of drug-likeness (QED) is 0.320. The van der Waals surface area contributed by atoms with Crippen molar-refractivity contribution in [3.8, 4) is 11.5 Å². The Labute approximate surface area is 202 Å². The number of aromatic nitrogens is 3. The van der Waals surface area contributed by atoms with Gasteiger partial charge in [0.25, 0.3) is 5.91 Å². The van der Waals surface area contributed by atoms with E-state index in [2.05, 4.69) is 36.2 Å². The van der Waals surface area contributed by atoms with E-state index in [1.165, 1.54) is 7.05 Å². The summed E-state index contributed by atoms with van der Waals surface area (Å²) in [6, 6.07) is 14.7. The third-order valence-corrected chi connectivity index (χ3v) is 5.28. The van der Waals surface area contributed by atoms with E-state index in [4.69, 9.17) is 9.47 Å². The summed E-state index contributed by atoms with van der Waals surface area (Å²) in [6.45, 7) is 0.903. The highest BCUT2D eigenvalue weighted by Gasteiger charge is 2.35. The standard InChI is InChI=1S/C23H26N8O4/c1-31-19(32)18(27-23(31)33)26-22-29-20(24-12-14-4-8-16(34-2)9-5-14)28-21(30-22)25-13-15-6-10-17(35-3)11-7-15/h4-11,18H,12-13H2,1-3H3,(H,27,33)(H3,24,25,26,28,29,30). The number of rotatable bonds is 10. The minimum absolute atomic E-state index is 0.128. The van der Waals surface area contributed by atoms with Crippen molar-refractivity contribution in [1.82, 2.24) is 25.2 Å². The van der Waals surface area contributed by atoms with Gasteiger partial charge >= 0.3 is 6.03 Å². The van der Waals surface area contributed by atoms with Crippen molar-refractivity contribution in [3.63, 3.8) is 0 Å². The maximum atomic E-state index is 12.3. The summed E-state index contributed by atoms with van der Waals surface area (Å²) in [5.74, 6) is 1.80. The molecular formula is C23H26N8O4. The van der Waals surface area contributed by atoms with Crippen LogP contribution in [0.1, 0.15) is 11.1 Å². The Balaban J connectivity index is 1.50. The molecule has 3 amide bonds. The normalized spacial score (nSPS) is 14.9. The van der Waals surface area contributed by atoms with Crippen molar-refractivity contribution >= 4 is 29.8 Å². The van der Waals surface area contributed by atoms with Gasteiger partial charge in [0.15, 0.2) is 6.17 Å². The lowest BCUT2D eigenvalue weighted by Gasteiger charge is -2.14.